The van der Waals surface area contributed by atoms with Gasteiger partial charge < -0.3 is 15.1 Å². The van der Waals surface area contributed by atoms with Gasteiger partial charge in [0.05, 0.1) is 17.2 Å². The lowest BCUT2D eigenvalue weighted by molar-refractivity contribution is -0.385. The molecule has 0 spiro atoms. The van der Waals surface area contributed by atoms with Gasteiger partial charge in [-0.25, -0.2) is 4.98 Å². The van der Waals surface area contributed by atoms with Crippen LogP contribution in [0.5, 0.6) is 0 Å². The fourth-order valence-corrected chi connectivity index (χ4v) is 4.71. The van der Waals surface area contributed by atoms with E-state index in [1.54, 1.807) is 35.4 Å². The number of hydrogen-bond donors (Lipinski definition) is 1. The average molecular weight is 482 g/mol. The minimum atomic E-state index is -0.536. The van der Waals surface area contributed by atoms with E-state index in [0.717, 1.165) is 12.8 Å². The predicted octanol–water partition coefficient (Wildman–Crippen LogP) is 4.49. The Morgan fingerprint density at radius 1 is 1.09 bits per heavy atom. The molecule has 2 heterocycles. The second-order valence-electron chi connectivity index (χ2n) is 9.85. The SMILES string of the molecule is CC(C)CC(C)CC(C)NC(=O)c1ccc(N2CCCN(C(=O)c3ccccc3[N+](=O)[O-])C2)nc1. The van der Waals surface area contributed by atoms with Crippen molar-refractivity contribution >= 4 is 23.3 Å². The molecule has 1 aromatic heterocycles. The zero-order valence-electron chi connectivity index (χ0n) is 20.9. The standard InChI is InChI=1S/C26H35N5O4/c1-18(2)14-19(3)15-20(4)28-25(32)21-10-11-24(27-16-21)29-12-7-13-30(17-29)26(33)22-8-5-6-9-23(22)31(34)35/h5-6,8-11,16,18-20H,7,12-15,17H2,1-4H3,(H,28,32). The number of carbonyl (C=O) groups is 2. The van der Waals surface area contributed by atoms with Crippen LogP contribution in [0.4, 0.5) is 11.5 Å². The van der Waals surface area contributed by atoms with Crippen molar-refractivity contribution in [3.8, 4) is 0 Å². The smallest absolute Gasteiger partial charge is 0.282 e. The molecule has 0 radical (unpaired) electrons. The first-order valence-electron chi connectivity index (χ1n) is 12.2. The number of nitrogens with zero attached hydrogens (tertiary/aromatic N) is 4. The molecule has 2 aromatic rings. The van der Waals surface area contributed by atoms with Crippen LogP contribution in [0.3, 0.4) is 0 Å². The van der Waals surface area contributed by atoms with E-state index in [-0.39, 0.29) is 35.8 Å². The minimum Gasteiger partial charge on any atom is -0.350 e. The zero-order valence-corrected chi connectivity index (χ0v) is 20.9. The second-order valence-corrected chi connectivity index (χ2v) is 9.85. The molecule has 1 saturated heterocycles. The molecule has 0 aliphatic carbocycles. The Hall–Kier alpha value is -3.49. The number of anilines is 1. The molecule has 3 rings (SSSR count). The van der Waals surface area contributed by atoms with Crippen molar-refractivity contribution in [2.75, 3.05) is 24.7 Å². The van der Waals surface area contributed by atoms with Gasteiger partial charge in [-0.2, -0.15) is 0 Å². The number of para-hydroxylation sites is 1. The Morgan fingerprint density at radius 2 is 1.83 bits per heavy atom. The van der Waals surface area contributed by atoms with Crippen LogP contribution in [0.1, 0.15) is 67.7 Å². The van der Waals surface area contributed by atoms with Gasteiger partial charge in [0.15, 0.2) is 0 Å². The second kappa shape index (κ2) is 11.8. The molecule has 2 unspecified atom stereocenters. The van der Waals surface area contributed by atoms with Crippen molar-refractivity contribution in [2.24, 2.45) is 11.8 Å². The summed E-state index contributed by atoms with van der Waals surface area (Å²) in [5.41, 5.74) is 0.370. The predicted molar refractivity (Wildman–Crippen MR) is 135 cm³/mol. The number of carbonyl (C=O) groups excluding carboxylic acids is 2. The molecule has 9 nitrogen and oxygen atoms in total. The maximum absolute atomic E-state index is 13.0. The molecule has 0 saturated carbocycles. The fourth-order valence-electron chi connectivity index (χ4n) is 4.71. The molecular formula is C26H35N5O4. The highest BCUT2D eigenvalue weighted by molar-refractivity contribution is 5.98. The molecule has 2 atom stereocenters. The van der Waals surface area contributed by atoms with E-state index in [0.29, 0.717) is 42.7 Å². The summed E-state index contributed by atoms with van der Waals surface area (Å²) >= 11 is 0. The lowest BCUT2D eigenvalue weighted by atomic mass is 9.93. The number of pyridine rings is 1. The van der Waals surface area contributed by atoms with Gasteiger partial charge in [0.25, 0.3) is 17.5 Å². The largest absolute Gasteiger partial charge is 0.350 e. The van der Waals surface area contributed by atoms with Crippen LogP contribution >= 0.6 is 0 Å². The summed E-state index contributed by atoms with van der Waals surface area (Å²) in [6.07, 6.45) is 4.32. The summed E-state index contributed by atoms with van der Waals surface area (Å²) in [6.45, 7) is 10.1. The van der Waals surface area contributed by atoms with Gasteiger partial charge in [-0.05, 0) is 56.2 Å². The van der Waals surface area contributed by atoms with E-state index in [4.69, 9.17) is 0 Å². The number of aromatic nitrogens is 1. The normalized spacial score (nSPS) is 15.6. The summed E-state index contributed by atoms with van der Waals surface area (Å²) in [7, 11) is 0. The molecule has 35 heavy (non-hydrogen) atoms. The average Bonchev–Trinajstić information content (AvgIpc) is 2.83. The van der Waals surface area contributed by atoms with E-state index in [1.165, 1.54) is 12.1 Å². The van der Waals surface area contributed by atoms with Gasteiger partial charge in [0.2, 0.25) is 0 Å². The van der Waals surface area contributed by atoms with E-state index in [1.807, 2.05) is 11.8 Å². The highest BCUT2D eigenvalue weighted by Crippen LogP contribution is 2.23. The Kier molecular flexibility index (Phi) is 8.78. The summed E-state index contributed by atoms with van der Waals surface area (Å²) in [6, 6.07) is 9.58. The van der Waals surface area contributed by atoms with Crippen LogP contribution in [-0.2, 0) is 0 Å². The van der Waals surface area contributed by atoms with Gasteiger partial charge >= 0.3 is 0 Å². The van der Waals surface area contributed by atoms with Gasteiger partial charge in [-0.1, -0.05) is 32.9 Å². The van der Waals surface area contributed by atoms with Crippen molar-refractivity contribution in [1.82, 2.24) is 15.2 Å². The molecule has 0 bridgehead atoms. The highest BCUT2D eigenvalue weighted by atomic mass is 16.6. The van der Waals surface area contributed by atoms with Crippen molar-refractivity contribution in [1.29, 1.82) is 0 Å². The van der Waals surface area contributed by atoms with Crippen molar-refractivity contribution in [3.63, 3.8) is 0 Å². The van der Waals surface area contributed by atoms with Crippen molar-refractivity contribution < 1.29 is 14.5 Å². The number of nitro groups is 1. The lowest BCUT2D eigenvalue weighted by Crippen LogP contribution is -2.48. The molecule has 188 valence electrons. The third kappa shape index (κ3) is 7.00. The summed E-state index contributed by atoms with van der Waals surface area (Å²) in [4.78, 5) is 44.4. The summed E-state index contributed by atoms with van der Waals surface area (Å²) in [5, 5.41) is 14.4. The maximum atomic E-state index is 13.0. The van der Waals surface area contributed by atoms with Crippen LogP contribution in [0.2, 0.25) is 0 Å². The topological polar surface area (TPSA) is 109 Å². The molecule has 9 heteroatoms. The number of rotatable bonds is 9. The first-order chi connectivity index (χ1) is 16.7. The van der Waals surface area contributed by atoms with Crippen LogP contribution < -0.4 is 10.2 Å². The molecule has 1 aliphatic heterocycles. The van der Waals surface area contributed by atoms with Crippen LogP contribution in [0.15, 0.2) is 42.6 Å². The summed E-state index contributed by atoms with van der Waals surface area (Å²) < 4.78 is 0. The van der Waals surface area contributed by atoms with E-state index >= 15 is 0 Å². The van der Waals surface area contributed by atoms with Gasteiger partial charge in [-0.15, -0.1) is 0 Å². The van der Waals surface area contributed by atoms with Crippen LogP contribution in [0, 0.1) is 22.0 Å². The number of nitrogens with one attached hydrogen (secondary N) is 1. The summed E-state index contributed by atoms with van der Waals surface area (Å²) in [5.74, 6) is 1.29. The number of amides is 2. The van der Waals surface area contributed by atoms with Gasteiger partial charge in [0, 0.05) is 31.4 Å². The first-order valence-corrected chi connectivity index (χ1v) is 12.2. The Balaban J connectivity index is 1.61. The highest BCUT2D eigenvalue weighted by Gasteiger charge is 2.28. The quantitative estimate of drug-likeness (QED) is 0.418. The molecule has 1 aliphatic rings. The molecule has 1 N–H and O–H groups in total. The minimum absolute atomic E-state index is 0.0691. The zero-order chi connectivity index (χ0) is 25.5. The van der Waals surface area contributed by atoms with Gasteiger partial charge in [-0.3, -0.25) is 19.7 Å². The number of hydrogen-bond acceptors (Lipinski definition) is 6. The van der Waals surface area contributed by atoms with Gasteiger partial charge in [0.1, 0.15) is 11.4 Å². The number of benzene rings is 1. The Bertz CT molecular complexity index is 1040. The Morgan fingerprint density at radius 3 is 2.49 bits per heavy atom. The molecular weight excluding hydrogens is 446 g/mol. The van der Waals surface area contributed by atoms with E-state index < -0.39 is 4.92 Å². The third-order valence-corrected chi connectivity index (χ3v) is 6.16. The molecule has 1 aromatic carbocycles. The Labute approximate surface area is 206 Å². The number of nitro benzene ring substituents is 1. The first kappa shape index (κ1) is 26.1. The molecule has 1 fully saturated rings. The van der Waals surface area contributed by atoms with Crippen LogP contribution in [0.25, 0.3) is 0 Å². The maximum Gasteiger partial charge on any atom is 0.282 e. The van der Waals surface area contributed by atoms with Crippen molar-refractivity contribution in [3.05, 3.63) is 63.8 Å². The van der Waals surface area contributed by atoms with Crippen LogP contribution in [-0.4, -0.2) is 52.4 Å². The lowest BCUT2D eigenvalue weighted by Gasteiger charge is -2.36. The fraction of sp³-hybridized carbons (Fsp3) is 0.500. The molecule has 2 amide bonds. The van der Waals surface area contributed by atoms with E-state index in [2.05, 4.69) is 31.1 Å². The monoisotopic (exact) mass is 481 g/mol. The third-order valence-electron chi connectivity index (χ3n) is 6.16. The van der Waals surface area contributed by atoms with E-state index in [9.17, 15) is 19.7 Å². The van der Waals surface area contributed by atoms with Crippen molar-refractivity contribution in [2.45, 2.75) is 53.0 Å².